The predicted octanol–water partition coefficient (Wildman–Crippen LogP) is 3.74. The van der Waals surface area contributed by atoms with Crippen molar-refractivity contribution in [3.63, 3.8) is 0 Å². The molecule has 0 atom stereocenters. The molecule has 2 nitrogen and oxygen atoms in total. The number of halogens is 2. The monoisotopic (exact) mass is 240 g/mol. The van der Waals surface area contributed by atoms with Crippen molar-refractivity contribution < 1.29 is 18.3 Å². The fraction of sp³-hybridized carbons (Fsp3) is 0.538. The number of hydrogen-bond donors (Lipinski definition) is 0. The third-order valence-electron chi connectivity index (χ3n) is 3.49. The Morgan fingerprint density at radius 1 is 1.18 bits per heavy atom. The van der Waals surface area contributed by atoms with Gasteiger partial charge in [-0.3, -0.25) is 0 Å². The van der Waals surface area contributed by atoms with Gasteiger partial charge >= 0.3 is 6.29 Å². The van der Waals surface area contributed by atoms with Crippen molar-refractivity contribution in [3.8, 4) is 11.5 Å². The molecule has 0 N–H and O–H groups in total. The maximum atomic E-state index is 13.0. The highest BCUT2D eigenvalue weighted by atomic mass is 19.3. The van der Waals surface area contributed by atoms with E-state index in [9.17, 15) is 8.78 Å². The number of hydrogen-bond acceptors (Lipinski definition) is 2. The van der Waals surface area contributed by atoms with Gasteiger partial charge in [0, 0.05) is 0 Å². The normalized spacial score (nSPS) is 22.0. The summed E-state index contributed by atoms with van der Waals surface area (Å²) >= 11 is 0. The summed E-state index contributed by atoms with van der Waals surface area (Å²) in [6, 6.07) is 5.12. The molecule has 0 saturated heterocycles. The summed E-state index contributed by atoms with van der Waals surface area (Å²) in [4.78, 5) is 0. The van der Waals surface area contributed by atoms with Crippen molar-refractivity contribution in [1.29, 1.82) is 0 Å². The number of rotatable bonds is 2. The Labute approximate surface area is 98.5 Å². The van der Waals surface area contributed by atoms with Gasteiger partial charge in [-0.25, -0.2) is 0 Å². The van der Waals surface area contributed by atoms with Crippen molar-refractivity contribution in [2.45, 2.75) is 38.4 Å². The first-order valence-electron chi connectivity index (χ1n) is 6.02. The van der Waals surface area contributed by atoms with E-state index in [0.29, 0.717) is 5.92 Å². The molecule has 1 heterocycles. The van der Waals surface area contributed by atoms with Gasteiger partial charge in [0.05, 0.1) is 0 Å². The molecule has 1 aliphatic heterocycles. The van der Waals surface area contributed by atoms with Crippen LogP contribution in [0.4, 0.5) is 8.78 Å². The maximum absolute atomic E-state index is 13.0. The summed E-state index contributed by atoms with van der Waals surface area (Å²) in [5, 5.41) is 0. The second-order valence-corrected chi connectivity index (χ2v) is 4.77. The van der Waals surface area contributed by atoms with E-state index in [0.717, 1.165) is 12.0 Å². The summed E-state index contributed by atoms with van der Waals surface area (Å²) in [5.74, 6) is 0.981. The van der Waals surface area contributed by atoms with Gasteiger partial charge in [0.1, 0.15) is 0 Å². The number of fused-ring (bicyclic) bond motifs is 1. The number of ether oxygens (including phenoxy) is 2. The third kappa shape index (κ3) is 2.08. The minimum atomic E-state index is -3.51. The average Bonchev–Trinajstić information content (AvgIpc) is 2.84. The quantitative estimate of drug-likeness (QED) is 0.784. The topological polar surface area (TPSA) is 18.5 Å². The van der Waals surface area contributed by atoms with Gasteiger partial charge in [-0.2, -0.15) is 0 Å². The second-order valence-electron chi connectivity index (χ2n) is 4.77. The molecule has 1 aromatic rings. The average molecular weight is 240 g/mol. The number of alkyl halides is 2. The van der Waals surface area contributed by atoms with Crippen molar-refractivity contribution in [3.05, 3.63) is 23.8 Å². The molecule has 4 heteroatoms. The molecular weight excluding hydrogens is 226 g/mol. The van der Waals surface area contributed by atoms with E-state index in [1.807, 2.05) is 6.07 Å². The van der Waals surface area contributed by atoms with Crippen molar-refractivity contribution >= 4 is 0 Å². The summed E-state index contributed by atoms with van der Waals surface area (Å²) in [6.45, 7) is 0. The number of para-hydroxylation sites is 1. The van der Waals surface area contributed by atoms with E-state index in [-0.39, 0.29) is 11.5 Å². The van der Waals surface area contributed by atoms with Gasteiger partial charge in [0.2, 0.25) is 0 Å². The summed E-state index contributed by atoms with van der Waals surface area (Å²) in [6.07, 6.45) is 2.15. The largest absolute Gasteiger partial charge is 0.586 e. The first kappa shape index (κ1) is 10.8. The van der Waals surface area contributed by atoms with Gasteiger partial charge in [0.15, 0.2) is 11.5 Å². The maximum Gasteiger partial charge on any atom is 0.586 e. The molecule has 0 radical (unpaired) electrons. The molecule has 3 rings (SSSR count). The van der Waals surface area contributed by atoms with Crippen molar-refractivity contribution in [1.82, 2.24) is 0 Å². The van der Waals surface area contributed by atoms with E-state index in [4.69, 9.17) is 0 Å². The molecule has 1 saturated carbocycles. The van der Waals surface area contributed by atoms with Crippen LogP contribution < -0.4 is 9.47 Å². The van der Waals surface area contributed by atoms with Crippen LogP contribution in [0.3, 0.4) is 0 Å². The van der Waals surface area contributed by atoms with Crippen molar-refractivity contribution in [2.24, 2.45) is 5.92 Å². The molecule has 0 unspecified atom stereocenters. The number of benzene rings is 1. The lowest BCUT2D eigenvalue weighted by Crippen LogP contribution is -2.26. The smallest absolute Gasteiger partial charge is 0.395 e. The van der Waals surface area contributed by atoms with E-state index in [2.05, 4.69) is 9.47 Å². The molecule has 0 spiro atoms. The van der Waals surface area contributed by atoms with Gasteiger partial charge in [0.25, 0.3) is 0 Å². The van der Waals surface area contributed by atoms with Crippen LogP contribution in [0.25, 0.3) is 0 Å². The van der Waals surface area contributed by atoms with E-state index >= 15 is 0 Å². The predicted molar refractivity (Wildman–Crippen MR) is 58.3 cm³/mol. The van der Waals surface area contributed by atoms with Crippen LogP contribution in [-0.4, -0.2) is 6.29 Å². The third-order valence-corrected chi connectivity index (χ3v) is 3.49. The highest BCUT2D eigenvalue weighted by Gasteiger charge is 2.44. The van der Waals surface area contributed by atoms with Crippen LogP contribution in [0.5, 0.6) is 11.5 Å². The zero-order valence-electron chi connectivity index (χ0n) is 9.42. The summed E-state index contributed by atoms with van der Waals surface area (Å²) in [5.41, 5.74) is 0.839. The molecule has 0 bridgehead atoms. The summed E-state index contributed by atoms with van der Waals surface area (Å²) < 4.78 is 35.0. The first-order valence-corrected chi connectivity index (χ1v) is 6.02. The molecule has 1 aliphatic carbocycles. The lowest BCUT2D eigenvalue weighted by molar-refractivity contribution is -0.286. The second kappa shape index (κ2) is 3.86. The Bertz CT molecular complexity index is 425. The Morgan fingerprint density at radius 2 is 1.94 bits per heavy atom. The SMILES string of the molecule is FC1(F)Oc2cccc(CC3CCCC3)c2O1. The van der Waals surface area contributed by atoms with Crippen LogP contribution in [0.1, 0.15) is 31.2 Å². The Hall–Kier alpha value is -1.32. The lowest BCUT2D eigenvalue weighted by atomic mass is 9.97. The van der Waals surface area contributed by atoms with Gasteiger partial charge in [-0.1, -0.05) is 37.8 Å². The van der Waals surface area contributed by atoms with Gasteiger partial charge in [-0.05, 0) is 24.0 Å². The van der Waals surface area contributed by atoms with Crippen LogP contribution in [-0.2, 0) is 6.42 Å². The Balaban J connectivity index is 1.84. The highest BCUT2D eigenvalue weighted by molar-refractivity contribution is 5.48. The van der Waals surface area contributed by atoms with E-state index < -0.39 is 6.29 Å². The standard InChI is InChI=1S/C13H14F2O2/c14-13(15)16-11-7-3-6-10(12(11)17-13)8-9-4-1-2-5-9/h3,6-7,9H,1-2,4-5,8H2. The lowest BCUT2D eigenvalue weighted by Gasteiger charge is -2.11. The molecule has 0 aromatic heterocycles. The summed E-state index contributed by atoms with van der Waals surface area (Å²) in [7, 11) is 0. The molecule has 2 aliphatic rings. The van der Waals surface area contributed by atoms with Crippen LogP contribution >= 0.6 is 0 Å². The molecule has 92 valence electrons. The fourth-order valence-corrected chi connectivity index (χ4v) is 2.71. The highest BCUT2D eigenvalue weighted by Crippen LogP contribution is 2.44. The van der Waals surface area contributed by atoms with Gasteiger partial charge < -0.3 is 9.47 Å². The molecule has 1 aromatic carbocycles. The molecular formula is C13H14F2O2. The molecule has 17 heavy (non-hydrogen) atoms. The Morgan fingerprint density at radius 3 is 2.71 bits per heavy atom. The molecule has 0 amide bonds. The van der Waals surface area contributed by atoms with E-state index in [1.165, 1.54) is 31.7 Å². The molecule has 1 fully saturated rings. The zero-order chi connectivity index (χ0) is 11.9. The van der Waals surface area contributed by atoms with E-state index in [1.54, 1.807) is 6.07 Å². The minimum absolute atomic E-state index is 0.158. The minimum Gasteiger partial charge on any atom is -0.395 e. The van der Waals surface area contributed by atoms with Crippen LogP contribution in [0.2, 0.25) is 0 Å². The fourth-order valence-electron chi connectivity index (χ4n) is 2.71. The first-order chi connectivity index (χ1) is 8.14. The van der Waals surface area contributed by atoms with Crippen LogP contribution in [0, 0.1) is 5.92 Å². The van der Waals surface area contributed by atoms with Crippen LogP contribution in [0.15, 0.2) is 18.2 Å². The van der Waals surface area contributed by atoms with Crippen molar-refractivity contribution in [2.75, 3.05) is 0 Å². The van der Waals surface area contributed by atoms with Gasteiger partial charge in [-0.15, -0.1) is 8.78 Å². The zero-order valence-corrected chi connectivity index (χ0v) is 9.42. The Kier molecular flexibility index (Phi) is 2.45.